The van der Waals surface area contributed by atoms with Crippen molar-refractivity contribution in [1.82, 2.24) is 9.97 Å². The Hall–Kier alpha value is -5.85. The number of fused-ring (bicyclic) bond motifs is 4. The number of hydrogen-bond acceptors (Lipinski definition) is 2. The maximum absolute atomic E-state index is 7.57. The average Bonchev–Trinajstić information content (AvgIpc) is 3.33. The van der Waals surface area contributed by atoms with Crippen LogP contribution in [0.1, 0.15) is 25.0 Å². The first-order chi connectivity index (χ1) is 22.0. The number of aromatic nitrogens is 2. The van der Waals surface area contributed by atoms with E-state index in [0.717, 1.165) is 44.4 Å². The van der Waals surface area contributed by atoms with Gasteiger partial charge in [-0.15, -0.1) is 0 Å². The second-order valence-electron chi connectivity index (χ2n) is 12.1. The van der Waals surface area contributed by atoms with Crippen molar-refractivity contribution in [3.05, 3.63) is 162 Å². The lowest BCUT2D eigenvalue weighted by molar-refractivity contribution is 0.661. The van der Waals surface area contributed by atoms with Crippen LogP contribution in [0.25, 0.3) is 71.8 Å². The van der Waals surface area contributed by atoms with Gasteiger partial charge in [0.2, 0.25) is 0 Å². The first-order valence-corrected chi connectivity index (χ1v) is 15.2. The van der Waals surface area contributed by atoms with Gasteiger partial charge in [-0.2, -0.15) is 0 Å². The highest BCUT2D eigenvalue weighted by atomic mass is 14.9. The fourth-order valence-electron chi connectivity index (χ4n) is 6.82. The van der Waals surface area contributed by atoms with Crippen LogP contribution in [0.2, 0.25) is 0 Å². The summed E-state index contributed by atoms with van der Waals surface area (Å²) in [6.45, 7) is 12.1. The quantitative estimate of drug-likeness (QED) is 0.195. The normalized spacial score (nSPS) is 12.8. The summed E-state index contributed by atoms with van der Waals surface area (Å²) in [4.78, 5) is 14.0. The molecule has 1 aromatic heterocycles. The first kappa shape index (κ1) is 26.8. The van der Waals surface area contributed by atoms with Crippen molar-refractivity contribution in [2.24, 2.45) is 0 Å². The van der Waals surface area contributed by atoms with E-state index in [0.29, 0.717) is 11.5 Å². The molecule has 0 spiro atoms. The van der Waals surface area contributed by atoms with Crippen LogP contribution in [-0.2, 0) is 5.41 Å². The van der Waals surface area contributed by atoms with Crippen LogP contribution in [0, 0.1) is 6.57 Å². The summed E-state index contributed by atoms with van der Waals surface area (Å²) in [7, 11) is 0. The minimum Gasteiger partial charge on any atom is -0.238 e. The molecule has 0 atom stereocenters. The third-order valence-corrected chi connectivity index (χ3v) is 9.11. The van der Waals surface area contributed by atoms with Crippen LogP contribution in [0.4, 0.5) is 5.69 Å². The number of rotatable bonds is 4. The lowest BCUT2D eigenvalue weighted by atomic mass is 9.82. The molecule has 45 heavy (non-hydrogen) atoms. The average molecular weight is 576 g/mol. The molecule has 1 aliphatic carbocycles. The van der Waals surface area contributed by atoms with Gasteiger partial charge in [0.1, 0.15) is 0 Å². The van der Waals surface area contributed by atoms with E-state index in [2.05, 4.69) is 134 Å². The van der Waals surface area contributed by atoms with Gasteiger partial charge in [0.25, 0.3) is 0 Å². The Morgan fingerprint density at radius 2 is 1.20 bits per heavy atom. The molecule has 6 aromatic carbocycles. The summed E-state index contributed by atoms with van der Waals surface area (Å²) in [5, 5.41) is 2.30. The minimum absolute atomic E-state index is 0.191. The summed E-state index contributed by atoms with van der Waals surface area (Å²) >= 11 is 0. The zero-order valence-corrected chi connectivity index (χ0v) is 25.1. The van der Waals surface area contributed by atoms with Crippen molar-refractivity contribution in [3.8, 4) is 56.2 Å². The van der Waals surface area contributed by atoms with Crippen molar-refractivity contribution < 1.29 is 0 Å². The second kappa shape index (κ2) is 10.4. The van der Waals surface area contributed by atoms with E-state index >= 15 is 0 Å². The monoisotopic (exact) mass is 575 g/mol. The predicted octanol–water partition coefficient (Wildman–Crippen LogP) is 11.2. The largest absolute Gasteiger partial charge is 0.238 e. The van der Waals surface area contributed by atoms with E-state index < -0.39 is 0 Å². The van der Waals surface area contributed by atoms with Gasteiger partial charge in [-0.3, -0.25) is 0 Å². The zero-order chi connectivity index (χ0) is 30.5. The third-order valence-electron chi connectivity index (χ3n) is 9.11. The lowest BCUT2D eigenvalue weighted by Gasteiger charge is -2.22. The molecular formula is C42H29N3. The van der Waals surface area contributed by atoms with E-state index in [1.54, 1.807) is 0 Å². The summed E-state index contributed by atoms with van der Waals surface area (Å²) in [5.74, 6) is 0.709. The smallest absolute Gasteiger partial charge is 0.187 e. The molecule has 212 valence electrons. The van der Waals surface area contributed by atoms with Crippen LogP contribution in [0.5, 0.6) is 0 Å². The number of benzene rings is 6. The van der Waals surface area contributed by atoms with Crippen molar-refractivity contribution in [1.29, 1.82) is 0 Å². The van der Waals surface area contributed by atoms with Gasteiger partial charge in [0, 0.05) is 22.1 Å². The minimum atomic E-state index is -0.191. The molecule has 8 rings (SSSR count). The predicted molar refractivity (Wildman–Crippen MR) is 185 cm³/mol. The maximum Gasteiger partial charge on any atom is 0.187 e. The van der Waals surface area contributed by atoms with Gasteiger partial charge in [-0.1, -0.05) is 141 Å². The fourth-order valence-corrected chi connectivity index (χ4v) is 6.82. The molecule has 0 aliphatic heterocycles. The van der Waals surface area contributed by atoms with Gasteiger partial charge in [0.05, 0.1) is 18.0 Å². The molecule has 3 nitrogen and oxygen atoms in total. The highest BCUT2D eigenvalue weighted by molar-refractivity contribution is 5.96. The van der Waals surface area contributed by atoms with Crippen LogP contribution in [0.15, 0.2) is 140 Å². The van der Waals surface area contributed by atoms with E-state index in [1.165, 1.54) is 27.8 Å². The summed E-state index contributed by atoms with van der Waals surface area (Å²) in [6.07, 6.45) is 0. The van der Waals surface area contributed by atoms with Gasteiger partial charge < -0.3 is 0 Å². The highest BCUT2D eigenvalue weighted by Gasteiger charge is 2.36. The Labute approximate surface area is 263 Å². The molecule has 7 aromatic rings. The van der Waals surface area contributed by atoms with E-state index in [-0.39, 0.29) is 5.41 Å². The Morgan fingerprint density at radius 3 is 2.04 bits per heavy atom. The lowest BCUT2D eigenvalue weighted by Crippen LogP contribution is -2.14. The van der Waals surface area contributed by atoms with Crippen molar-refractivity contribution in [2.75, 3.05) is 0 Å². The molecule has 0 saturated heterocycles. The van der Waals surface area contributed by atoms with Crippen LogP contribution in [-0.4, -0.2) is 9.97 Å². The van der Waals surface area contributed by atoms with Crippen molar-refractivity contribution in [2.45, 2.75) is 19.3 Å². The molecule has 0 N–H and O–H groups in total. The molecule has 0 fully saturated rings. The van der Waals surface area contributed by atoms with Gasteiger partial charge in [-0.05, 0) is 56.3 Å². The first-order valence-electron chi connectivity index (χ1n) is 15.2. The molecule has 0 unspecified atom stereocenters. The highest BCUT2D eigenvalue weighted by Crippen LogP contribution is 2.53. The van der Waals surface area contributed by atoms with E-state index in [1.807, 2.05) is 24.3 Å². The van der Waals surface area contributed by atoms with Crippen LogP contribution >= 0.6 is 0 Å². The second-order valence-corrected chi connectivity index (χ2v) is 12.1. The van der Waals surface area contributed by atoms with Crippen LogP contribution in [0.3, 0.4) is 0 Å². The maximum atomic E-state index is 7.57. The fraction of sp³-hybridized carbons (Fsp3) is 0.0714. The molecule has 1 heterocycles. The van der Waals surface area contributed by atoms with E-state index in [4.69, 9.17) is 16.5 Å². The summed E-state index contributed by atoms with van der Waals surface area (Å²) in [5.41, 5.74) is 12.6. The Bertz CT molecular complexity index is 2300. The standard InChI is InChI=1S/C42H29N3/c1-42(2)36-21-11-19-33(40(36)35-23-22-31(43-3)25-37(35)42)29-16-9-17-30(24-29)39-26-38(28-13-5-4-6-14-28)44-41(45-39)34-20-10-15-27-12-7-8-18-32(27)34/h4-26H,1-2H3. The summed E-state index contributed by atoms with van der Waals surface area (Å²) in [6, 6.07) is 48.5. The van der Waals surface area contributed by atoms with Crippen molar-refractivity contribution >= 4 is 16.5 Å². The van der Waals surface area contributed by atoms with Crippen LogP contribution < -0.4 is 0 Å². The molecule has 0 bridgehead atoms. The Balaban J connectivity index is 1.31. The molecule has 3 heteroatoms. The van der Waals surface area contributed by atoms with Crippen molar-refractivity contribution in [3.63, 3.8) is 0 Å². The molecular weight excluding hydrogens is 546 g/mol. The Kier molecular flexibility index (Phi) is 6.18. The SMILES string of the molecule is [C-]#[N+]c1ccc2c(c1)C(C)(C)c1cccc(-c3cccc(-c4cc(-c5ccccc5)nc(-c5cccc6ccccc56)n4)c3)c1-2. The zero-order valence-electron chi connectivity index (χ0n) is 25.1. The topological polar surface area (TPSA) is 30.1 Å². The molecule has 0 radical (unpaired) electrons. The van der Waals surface area contributed by atoms with Gasteiger partial charge >= 0.3 is 0 Å². The third kappa shape index (κ3) is 4.42. The number of nitrogens with zero attached hydrogens (tertiary/aromatic N) is 3. The van der Waals surface area contributed by atoms with Gasteiger partial charge in [0.15, 0.2) is 11.5 Å². The van der Waals surface area contributed by atoms with Gasteiger partial charge in [-0.25, -0.2) is 14.8 Å². The Morgan fingerprint density at radius 1 is 0.533 bits per heavy atom. The molecule has 0 amide bonds. The molecule has 1 aliphatic rings. The summed E-state index contributed by atoms with van der Waals surface area (Å²) < 4.78 is 0. The van der Waals surface area contributed by atoms with E-state index in [9.17, 15) is 0 Å². The molecule has 0 saturated carbocycles. The number of hydrogen-bond donors (Lipinski definition) is 0.